The van der Waals surface area contributed by atoms with Crippen LogP contribution in [-0.4, -0.2) is 38.5 Å². The Morgan fingerprint density at radius 2 is 1.87 bits per heavy atom. The first kappa shape index (κ1) is 22.2. The highest BCUT2D eigenvalue weighted by Gasteiger charge is 2.33. The number of amides is 1. The summed E-state index contributed by atoms with van der Waals surface area (Å²) < 4.78 is 37.9. The molecule has 1 amide bonds. The molecule has 31 heavy (non-hydrogen) atoms. The molecule has 2 heterocycles. The first-order valence-electron chi connectivity index (χ1n) is 9.90. The van der Waals surface area contributed by atoms with Gasteiger partial charge in [0.25, 0.3) is 0 Å². The molecule has 0 aliphatic carbocycles. The van der Waals surface area contributed by atoms with Crippen molar-refractivity contribution in [3.05, 3.63) is 57.6 Å². The molecule has 1 N–H and O–H groups in total. The van der Waals surface area contributed by atoms with E-state index in [1.807, 2.05) is 12.1 Å². The fourth-order valence-electron chi connectivity index (χ4n) is 3.74. The normalized spacial score (nSPS) is 18.7. The number of nitrogens with zero attached hydrogens (tertiary/aromatic N) is 1. The predicted octanol–water partition coefficient (Wildman–Crippen LogP) is 3.58. The number of rotatable bonds is 6. The van der Waals surface area contributed by atoms with Crippen LogP contribution in [-0.2, 0) is 27.1 Å². The van der Waals surface area contributed by atoms with E-state index in [0.29, 0.717) is 53.0 Å². The number of benzene rings is 2. The number of piperidine rings is 1. The number of sulfonamides is 1. The molecule has 4 rings (SSSR count). The molecule has 0 aromatic heterocycles. The van der Waals surface area contributed by atoms with Gasteiger partial charge in [0.15, 0.2) is 11.5 Å². The lowest BCUT2D eigenvalue weighted by Crippen LogP contribution is -2.45. The Morgan fingerprint density at radius 1 is 1.13 bits per heavy atom. The van der Waals surface area contributed by atoms with Crippen LogP contribution in [0.5, 0.6) is 11.5 Å². The van der Waals surface area contributed by atoms with Crippen molar-refractivity contribution in [2.45, 2.75) is 25.1 Å². The van der Waals surface area contributed by atoms with Gasteiger partial charge in [0.2, 0.25) is 22.7 Å². The van der Waals surface area contributed by atoms with E-state index in [2.05, 4.69) is 5.32 Å². The molecule has 7 nitrogen and oxygen atoms in total. The van der Waals surface area contributed by atoms with Crippen LogP contribution in [0.4, 0.5) is 0 Å². The minimum absolute atomic E-state index is 0.136. The molecule has 1 fully saturated rings. The van der Waals surface area contributed by atoms with Crippen LogP contribution in [0, 0.1) is 5.92 Å². The maximum Gasteiger partial charge on any atom is 0.231 e. The molecule has 0 spiro atoms. The highest BCUT2D eigenvalue weighted by Crippen LogP contribution is 2.32. The number of carbonyl (C=O) groups excluding carboxylic acids is 1. The van der Waals surface area contributed by atoms with Crippen molar-refractivity contribution < 1.29 is 22.7 Å². The molecule has 10 heteroatoms. The van der Waals surface area contributed by atoms with Crippen molar-refractivity contribution in [3.8, 4) is 11.5 Å². The molecule has 1 saturated heterocycles. The van der Waals surface area contributed by atoms with Crippen LogP contribution in [0.1, 0.15) is 24.0 Å². The van der Waals surface area contributed by atoms with E-state index in [0.717, 1.165) is 5.56 Å². The maximum absolute atomic E-state index is 13.0. The molecule has 0 saturated carbocycles. The quantitative estimate of drug-likeness (QED) is 0.676. The average Bonchev–Trinajstić information content (AvgIpc) is 3.23. The second-order valence-corrected chi connectivity index (χ2v) is 10.3. The number of hydrogen-bond donors (Lipinski definition) is 1. The molecular formula is C21H22Cl2N2O5S. The summed E-state index contributed by atoms with van der Waals surface area (Å²) in [4.78, 5) is 12.7. The molecule has 2 aliphatic rings. The Bertz CT molecular complexity index is 1070. The van der Waals surface area contributed by atoms with Crippen molar-refractivity contribution in [1.29, 1.82) is 0 Å². The monoisotopic (exact) mass is 484 g/mol. The number of nitrogens with one attached hydrogen (secondary N) is 1. The lowest BCUT2D eigenvalue weighted by Gasteiger charge is -2.31. The molecule has 0 bridgehead atoms. The molecular weight excluding hydrogens is 463 g/mol. The third kappa shape index (κ3) is 5.09. The van der Waals surface area contributed by atoms with Gasteiger partial charge in [0, 0.05) is 35.2 Å². The highest BCUT2D eigenvalue weighted by atomic mass is 35.5. The van der Waals surface area contributed by atoms with Crippen molar-refractivity contribution in [1.82, 2.24) is 9.62 Å². The third-order valence-electron chi connectivity index (χ3n) is 5.44. The summed E-state index contributed by atoms with van der Waals surface area (Å²) >= 11 is 12.3. The van der Waals surface area contributed by atoms with Gasteiger partial charge in [-0.15, -0.1) is 0 Å². The van der Waals surface area contributed by atoms with Crippen molar-refractivity contribution in [3.63, 3.8) is 0 Å². The Hall–Kier alpha value is -2.00. The number of ether oxygens (including phenoxy) is 2. The van der Waals surface area contributed by atoms with E-state index in [4.69, 9.17) is 32.7 Å². The first-order chi connectivity index (χ1) is 14.8. The number of hydrogen-bond acceptors (Lipinski definition) is 5. The molecule has 2 aromatic carbocycles. The standard InChI is InChI=1S/C21H22Cl2N2O5S/c22-17-4-1-5-18(23)16(17)12-31(27,28)25-8-2-3-15(11-25)21(26)24-10-14-6-7-19-20(9-14)30-13-29-19/h1,4-7,9,15H,2-3,8,10-13H2,(H,24,26)/t15-/m1/s1. The van der Waals surface area contributed by atoms with E-state index >= 15 is 0 Å². The van der Waals surface area contributed by atoms with Crippen molar-refractivity contribution in [2.24, 2.45) is 5.92 Å². The Balaban J connectivity index is 1.37. The summed E-state index contributed by atoms with van der Waals surface area (Å²) in [6.45, 7) is 1.03. The molecule has 1 atom stereocenters. The summed E-state index contributed by atoms with van der Waals surface area (Å²) in [5.74, 6) is 0.450. The van der Waals surface area contributed by atoms with Crippen LogP contribution in [0.2, 0.25) is 10.0 Å². The van der Waals surface area contributed by atoms with Crippen LogP contribution < -0.4 is 14.8 Å². The van der Waals surface area contributed by atoms with Gasteiger partial charge in [-0.25, -0.2) is 12.7 Å². The second-order valence-electron chi connectivity index (χ2n) is 7.56. The zero-order valence-corrected chi connectivity index (χ0v) is 19.0. The van der Waals surface area contributed by atoms with Crippen molar-refractivity contribution >= 4 is 39.1 Å². The van der Waals surface area contributed by atoms with Crippen LogP contribution in [0.3, 0.4) is 0 Å². The van der Waals surface area contributed by atoms with E-state index in [-0.39, 0.29) is 25.0 Å². The van der Waals surface area contributed by atoms with E-state index in [9.17, 15) is 13.2 Å². The average molecular weight is 485 g/mol. The van der Waals surface area contributed by atoms with Gasteiger partial charge in [0.05, 0.1) is 11.7 Å². The van der Waals surface area contributed by atoms with Crippen LogP contribution in [0.25, 0.3) is 0 Å². The summed E-state index contributed by atoms with van der Waals surface area (Å²) in [6.07, 6.45) is 1.24. The van der Waals surface area contributed by atoms with E-state index < -0.39 is 15.9 Å². The molecule has 166 valence electrons. The predicted molar refractivity (Wildman–Crippen MR) is 118 cm³/mol. The largest absolute Gasteiger partial charge is 0.454 e. The second kappa shape index (κ2) is 9.24. The first-order valence-corrected chi connectivity index (χ1v) is 12.3. The molecule has 0 unspecified atom stereocenters. The Labute approximate surface area is 191 Å². The summed E-state index contributed by atoms with van der Waals surface area (Å²) in [5, 5.41) is 3.52. The molecule has 2 aliphatic heterocycles. The maximum atomic E-state index is 13.0. The zero-order chi connectivity index (χ0) is 22.0. The molecule has 2 aromatic rings. The van der Waals surface area contributed by atoms with Gasteiger partial charge in [-0.05, 0) is 42.7 Å². The van der Waals surface area contributed by atoms with Crippen molar-refractivity contribution in [2.75, 3.05) is 19.9 Å². The fraction of sp³-hybridized carbons (Fsp3) is 0.381. The van der Waals surface area contributed by atoms with Crippen LogP contribution in [0.15, 0.2) is 36.4 Å². The lowest BCUT2D eigenvalue weighted by atomic mass is 9.98. The van der Waals surface area contributed by atoms with E-state index in [1.54, 1.807) is 24.3 Å². The third-order valence-corrected chi connectivity index (χ3v) is 7.92. The minimum atomic E-state index is -3.67. The zero-order valence-electron chi connectivity index (χ0n) is 16.6. The minimum Gasteiger partial charge on any atom is -0.454 e. The fourth-order valence-corrected chi connectivity index (χ4v) is 6.10. The summed E-state index contributed by atoms with van der Waals surface area (Å²) in [7, 11) is -3.67. The number of carbonyl (C=O) groups is 1. The SMILES string of the molecule is O=C(NCc1ccc2c(c1)OCO2)[C@@H]1CCCN(S(=O)(=O)Cc2c(Cl)cccc2Cl)C1. The van der Waals surface area contributed by atoms with Gasteiger partial charge >= 0.3 is 0 Å². The lowest BCUT2D eigenvalue weighted by molar-refractivity contribution is -0.126. The Kier molecular flexibility index (Phi) is 6.62. The van der Waals surface area contributed by atoms with Gasteiger partial charge in [-0.1, -0.05) is 35.3 Å². The van der Waals surface area contributed by atoms with E-state index in [1.165, 1.54) is 4.31 Å². The number of fused-ring (bicyclic) bond motifs is 1. The smallest absolute Gasteiger partial charge is 0.231 e. The highest BCUT2D eigenvalue weighted by molar-refractivity contribution is 7.88. The number of halogens is 2. The van der Waals surface area contributed by atoms with Gasteiger partial charge in [-0.3, -0.25) is 4.79 Å². The van der Waals surface area contributed by atoms with Gasteiger partial charge in [-0.2, -0.15) is 0 Å². The summed E-state index contributed by atoms with van der Waals surface area (Å²) in [5.41, 5.74) is 1.26. The Morgan fingerprint density at radius 3 is 2.65 bits per heavy atom. The van der Waals surface area contributed by atoms with Gasteiger partial charge < -0.3 is 14.8 Å². The van der Waals surface area contributed by atoms with Crippen LogP contribution >= 0.6 is 23.2 Å². The molecule has 0 radical (unpaired) electrons. The van der Waals surface area contributed by atoms with Gasteiger partial charge in [0.1, 0.15) is 0 Å². The summed E-state index contributed by atoms with van der Waals surface area (Å²) in [6, 6.07) is 10.4. The topological polar surface area (TPSA) is 84.9 Å².